The van der Waals surface area contributed by atoms with Crippen LogP contribution in [0.2, 0.25) is 5.02 Å². The second kappa shape index (κ2) is 3.91. The maximum Gasteiger partial charge on any atom is 0.147 e. The van der Waals surface area contributed by atoms with Gasteiger partial charge >= 0.3 is 0 Å². The Kier molecular flexibility index (Phi) is 3.08. The Morgan fingerprint density at radius 3 is 2.69 bits per heavy atom. The molecule has 0 spiro atoms. The van der Waals surface area contributed by atoms with E-state index < -0.39 is 11.9 Å². The van der Waals surface area contributed by atoms with Gasteiger partial charge in [0.25, 0.3) is 0 Å². The molecule has 0 amide bonds. The Labute approximate surface area is 80.1 Å². The van der Waals surface area contributed by atoms with Crippen LogP contribution >= 0.6 is 11.6 Å². The molecule has 1 atom stereocenters. The lowest BCUT2D eigenvalue weighted by atomic mass is 10.1. The number of anilines is 1. The number of hydrogen-bond donors (Lipinski definition) is 3. The molecule has 0 saturated carbocycles. The van der Waals surface area contributed by atoms with Gasteiger partial charge in [0.05, 0.1) is 18.3 Å². The summed E-state index contributed by atoms with van der Waals surface area (Å²) in [5.41, 5.74) is 11.1. The first-order chi connectivity index (χ1) is 6.06. The summed E-state index contributed by atoms with van der Waals surface area (Å²) >= 11 is 5.59. The van der Waals surface area contributed by atoms with E-state index >= 15 is 0 Å². The van der Waals surface area contributed by atoms with Crippen LogP contribution in [0.1, 0.15) is 11.6 Å². The minimum absolute atomic E-state index is 0.0639. The molecule has 1 aromatic carbocycles. The van der Waals surface area contributed by atoms with Crippen molar-refractivity contribution in [1.82, 2.24) is 0 Å². The lowest BCUT2D eigenvalue weighted by Crippen LogP contribution is -2.17. The third kappa shape index (κ3) is 2.09. The number of aliphatic hydroxyl groups is 1. The molecular weight excluding hydrogens is 195 g/mol. The zero-order valence-electron chi connectivity index (χ0n) is 6.80. The Balaban J connectivity index is 3.20. The Bertz CT molecular complexity index is 319. The fourth-order valence-corrected chi connectivity index (χ4v) is 1.22. The van der Waals surface area contributed by atoms with E-state index in [2.05, 4.69) is 0 Å². The van der Waals surface area contributed by atoms with Crippen molar-refractivity contribution in [2.45, 2.75) is 6.04 Å². The van der Waals surface area contributed by atoms with Crippen LogP contribution in [0, 0.1) is 5.82 Å². The molecule has 0 aliphatic heterocycles. The average Bonchev–Trinajstić information content (AvgIpc) is 2.10. The van der Waals surface area contributed by atoms with Crippen molar-refractivity contribution in [3.8, 4) is 0 Å². The van der Waals surface area contributed by atoms with Gasteiger partial charge in [0.2, 0.25) is 0 Å². The number of hydrogen-bond acceptors (Lipinski definition) is 3. The van der Waals surface area contributed by atoms with Crippen LogP contribution in [-0.4, -0.2) is 11.7 Å². The van der Waals surface area contributed by atoms with Gasteiger partial charge in [-0.25, -0.2) is 4.39 Å². The molecule has 3 nitrogen and oxygen atoms in total. The monoisotopic (exact) mass is 204 g/mol. The molecule has 72 valence electrons. The van der Waals surface area contributed by atoms with Gasteiger partial charge in [-0.3, -0.25) is 0 Å². The van der Waals surface area contributed by atoms with E-state index in [1.54, 1.807) is 0 Å². The van der Waals surface area contributed by atoms with Crippen LogP contribution in [0.4, 0.5) is 10.1 Å². The molecule has 0 unspecified atom stereocenters. The SMILES string of the molecule is Nc1c(F)cc(Cl)cc1[C@H](N)CO. The molecule has 0 aliphatic carbocycles. The van der Waals surface area contributed by atoms with Crippen molar-refractivity contribution in [1.29, 1.82) is 0 Å². The highest BCUT2D eigenvalue weighted by Crippen LogP contribution is 2.25. The van der Waals surface area contributed by atoms with Gasteiger partial charge in [0, 0.05) is 5.02 Å². The van der Waals surface area contributed by atoms with Crippen LogP contribution < -0.4 is 11.5 Å². The molecule has 0 fully saturated rings. The Hall–Kier alpha value is -0.840. The van der Waals surface area contributed by atoms with E-state index in [9.17, 15) is 4.39 Å². The second-order valence-electron chi connectivity index (χ2n) is 2.68. The Morgan fingerprint density at radius 1 is 1.54 bits per heavy atom. The smallest absolute Gasteiger partial charge is 0.147 e. The lowest BCUT2D eigenvalue weighted by Gasteiger charge is -2.12. The third-order valence-corrected chi connectivity index (χ3v) is 1.94. The first-order valence-electron chi connectivity index (χ1n) is 3.67. The molecule has 1 rings (SSSR count). The summed E-state index contributed by atoms with van der Waals surface area (Å²) in [6, 6.07) is 1.85. The fourth-order valence-electron chi connectivity index (χ4n) is 1.01. The lowest BCUT2D eigenvalue weighted by molar-refractivity contribution is 0.268. The summed E-state index contributed by atoms with van der Waals surface area (Å²) in [6.07, 6.45) is 0. The van der Waals surface area contributed by atoms with E-state index in [-0.39, 0.29) is 17.3 Å². The van der Waals surface area contributed by atoms with Gasteiger partial charge in [-0.05, 0) is 17.7 Å². The maximum atomic E-state index is 13.0. The van der Waals surface area contributed by atoms with E-state index in [0.29, 0.717) is 5.56 Å². The van der Waals surface area contributed by atoms with Gasteiger partial charge in [0.1, 0.15) is 5.82 Å². The van der Waals surface area contributed by atoms with Crippen LogP contribution in [0.15, 0.2) is 12.1 Å². The Morgan fingerprint density at radius 2 is 2.15 bits per heavy atom. The zero-order chi connectivity index (χ0) is 10.0. The minimum atomic E-state index is -0.701. The highest BCUT2D eigenvalue weighted by atomic mass is 35.5. The van der Waals surface area contributed by atoms with Crippen molar-refractivity contribution in [3.05, 3.63) is 28.5 Å². The molecule has 5 N–H and O–H groups in total. The normalized spacial score (nSPS) is 12.9. The molecule has 13 heavy (non-hydrogen) atoms. The number of aliphatic hydroxyl groups excluding tert-OH is 1. The molecule has 5 heteroatoms. The second-order valence-corrected chi connectivity index (χ2v) is 3.12. The van der Waals surface area contributed by atoms with E-state index in [1.165, 1.54) is 6.07 Å². The van der Waals surface area contributed by atoms with Crippen molar-refractivity contribution in [2.24, 2.45) is 5.73 Å². The largest absolute Gasteiger partial charge is 0.396 e. The van der Waals surface area contributed by atoms with Crippen LogP contribution in [0.3, 0.4) is 0 Å². The van der Waals surface area contributed by atoms with E-state index in [4.69, 9.17) is 28.2 Å². The molecule has 0 radical (unpaired) electrons. The summed E-state index contributed by atoms with van der Waals surface area (Å²) in [6.45, 7) is -0.302. The zero-order valence-corrected chi connectivity index (χ0v) is 7.55. The summed E-state index contributed by atoms with van der Waals surface area (Å²) in [5, 5.41) is 8.96. The van der Waals surface area contributed by atoms with Gasteiger partial charge in [-0.1, -0.05) is 11.6 Å². The predicted octanol–water partition coefficient (Wildman–Crippen LogP) is 1.05. The van der Waals surface area contributed by atoms with E-state index in [1.807, 2.05) is 0 Å². The van der Waals surface area contributed by atoms with Gasteiger partial charge < -0.3 is 16.6 Å². The van der Waals surface area contributed by atoms with Crippen molar-refractivity contribution < 1.29 is 9.50 Å². The summed E-state index contributed by atoms with van der Waals surface area (Å²) in [5.74, 6) is -0.619. The van der Waals surface area contributed by atoms with Gasteiger partial charge in [-0.15, -0.1) is 0 Å². The first kappa shape index (κ1) is 10.2. The first-order valence-corrected chi connectivity index (χ1v) is 4.05. The van der Waals surface area contributed by atoms with Crippen LogP contribution in [-0.2, 0) is 0 Å². The molecular formula is C8H10ClFN2O. The number of benzene rings is 1. The fraction of sp³-hybridized carbons (Fsp3) is 0.250. The molecule has 1 aromatic rings. The van der Waals surface area contributed by atoms with Crippen LogP contribution in [0.25, 0.3) is 0 Å². The number of nitrogen functional groups attached to an aromatic ring is 1. The molecule has 0 saturated heterocycles. The van der Waals surface area contributed by atoms with E-state index in [0.717, 1.165) is 6.07 Å². The molecule has 0 aromatic heterocycles. The molecule has 0 heterocycles. The van der Waals surface area contributed by atoms with Crippen molar-refractivity contribution in [3.63, 3.8) is 0 Å². The highest BCUT2D eigenvalue weighted by Gasteiger charge is 2.12. The van der Waals surface area contributed by atoms with Gasteiger partial charge in [0.15, 0.2) is 0 Å². The van der Waals surface area contributed by atoms with Gasteiger partial charge in [-0.2, -0.15) is 0 Å². The third-order valence-electron chi connectivity index (χ3n) is 1.72. The summed E-state index contributed by atoms with van der Waals surface area (Å²) in [7, 11) is 0. The maximum absolute atomic E-state index is 13.0. The summed E-state index contributed by atoms with van der Waals surface area (Å²) < 4.78 is 13.0. The minimum Gasteiger partial charge on any atom is -0.396 e. The predicted molar refractivity (Wildman–Crippen MR) is 49.8 cm³/mol. The van der Waals surface area contributed by atoms with Crippen molar-refractivity contribution in [2.75, 3.05) is 12.3 Å². The quantitative estimate of drug-likeness (QED) is 0.631. The number of rotatable bonds is 2. The average molecular weight is 205 g/mol. The highest BCUT2D eigenvalue weighted by molar-refractivity contribution is 6.30. The topological polar surface area (TPSA) is 72.3 Å². The van der Waals surface area contributed by atoms with Crippen molar-refractivity contribution >= 4 is 17.3 Å². The standard InChI is InChI=1S/C8H10ClFN2O/c9-4-1-5(7(11)3-13)8(12)6(10)2-4/h1-2,7,13H,3,11-12H2/t7-/m1/s1. The molecule has 0 aliphatic rings. The summed E-state index contributed by atoms with van der Waals surface area (Å²) in [4.78, 5) is 0. The van der Waals surface area contributed by atoms with Crippen LogP contribution in [0.5, 0.6) is 0 Å². The molecule has 0 bridgehead atoms. The number of halogens is 2. The number of nitrogens with two attached hydrogens (primary N) is 2.